The summed E-state index contributed by atoms with van der Waals surface area (Å²) in [4.78, 5) is 24.2. The maximum Gasteiger partial charge on any atom is 0.328 e. The Bertz CT molecular complexity index is 745. The van der Waals surface area contributed by atoms with Crippen molar-refractivity contribution in [3.05, 3.63) is 59.7 Å². The molecule has 1 amide bonds. The number of carbonyl (C=O) groups excluding carboxylic acids is 2. The van der Waals surface area contributed by atoms with Crippen molar-refractivity contribution in [1.82, 2.24) is 5.32 Å². The SMILES string of the molecule is COC(=O)[C@H](Cc1ccccc1)NC(=O)COc1ccc(C)cc1OC. The van der Waals surface area contributed by atoms with Gasteiger partial charge in [-0.3, -0.25) is 4.79 Å². The van der Waals surface area contributed by atoms with Crippen LogP contribution in [0.1, 0.15) is 11.1 Å². The molecule has 2 aromatic rings. The van der Waals surface area contributed by atoms with Crippen LogP contribution in [0.5, 0.6) is 11.5 Å². The van der Waals surface area contributed by atoms with E-state index in [1.54, 1.807) is 6.07 Å². The Morgan fingerprint density at radius 3 is 2.42 bits per heavy atom. The number of hydrogen-bond donors (Lipinski definition) is 1. The molecule has 6 nitrogen and oxygen atoms in total. The molecule has 0 aliphatic rings. The van der Waals surface area contributed by atoms with Gasteiger partial charge < -0.3 is 19.5 Å². The van der Waals surface area contributed by atoms with E-state index in [0.29, 0.717) is 17.9 Å². The minimum atomic E-state index is -0.779. The van der Waals surface area contributed by atoms with Crippen LogP contribution < -0.4 is 14.8 Å². The van der Waals surface area contributed by atoms with E-state index in [1.165, 1.54) is 14.2 Å². The number of methoxy groups -OCH3 is 2. The van der Waals surface area contributed by atoms with Gasteiger partial charge in [0, 0.05) is 6.42 Å². The van der Waals surface area contributed by atoms with Gasteiger partial charge in [-0.05, 0) is 30.2 Å². The van der Waals surface area contributed by atoms with Crippen LogP contribution >= 0.6 is 0 Å². The smallest absolute Gasteiger partial charge is 0.328 e. The Labute approximate surface area is 153 Å². The van der Waals surface area contributed by atoms with Gasteiger partial charge in [0.25, 0.3) is 5.91 Å². The summed E-state index contributed by atoms with van der Waals surface area (Å²) in [7, 11) is 2.83. The number of aryl methyl sites for hydroxylation is 1. The first kappa shape index (κ1) is 19.3. The quantitative estimate of drug-likeness (QED) is 0.734. The maximum atomic E-state index is 12.2. The first-order valence-corrected chi connectivity index (χ1v) is 8.22. The lowest BCUT2D eigenvalue weighted by Crippen LogP contribution is -2.44. The fourth-order valence-electron chi connectivity index (χ4n) is 2.46. The van der Waals surface area contributed by atoms with Crippen LogP contribution in [0.15, 0.2) is 48.5 Å². The number of benzene rings is 2. The summed E-state index contributed by atoms with van der Waals surface area (Å²) in [6.45, 7) is 1.70. The van der Waals surface area contributed by atoms with Gasteiger partial charge in [-0.2, -0.15) is 0 Å². The molecule has 6 heteroatoms. The molecule has 0 saturated carbocycles. The number of carbonyl (C=O) groups is 2. The van der Waals surface area contributed by atoms with Gasteiger partial charge in [0.15, 0.2) is 18.1 Å². The molecule has 0 bridgehead atoms. The van der Waals surface area contributed by atoms with Crippen molar-refractivity contribution < 1.29 is 23.8 Å². The van der Waals surface area contributed by atoms with Crippen LogP contribution in [-0.2, 0) is 20.7 Å². The minimum absolute atomic E-state index is 0.234. The normalized spacial score (nSPS) is 11.3. The molecule has 1 N–H and O–H groups in total. The lowest BCUT2D eigenvalue weighted by Gasteiger charge is -2.17. The van der Waals surface area contributed by atoms with Gasteiger partial charge in [0.2, 0.25) is 0 Å². The van der Waals surface area contributed by atoms with Crippen molar-refractivity contribution in [3.8, 4) is 11.5 Å². The van der Waals surface area contributed by atoms with Crippen LogP contribution in [-0.4, -0.2) is 38.7 Å². The fraction of sp³-hybridized carbons (Fsp3) is 0.300. The minimum Gasteiger partial charge on any atom is -0.493 e. The van der Waals surface area contributed by atoms with Gasteiger partial charge in [0.05, 0.1) is 14.2 Å². The number of ether oxygens (including phenoxy) is 3. The monoisotopic (exact) mass is 357 g/mol. The molecular weight excluding hydrogens is 334 g/mol. The molecule has 26 heavy (non-hydrogen) atoms. The van der Waals surface area contributed by atoms with Crippen molar-refractivity contribution in [3.63, 3.8) is 0 Å². The van der Waals surface area contributed by atoms with E-state index in [9.17, 15) is 9.59 Å². The largest absolute Gasteiger partial charge is 0.493 e. The van der Waals surface area contributed by atoms with E-state index < -0.39 is 17.9 Å². The zero-order chi connectivity index (χ0) is 18.9. The molecular formula is C20H23NO5. The Morgan fingerprint density at radius 1 is 1.04 bits per heavy atom. The lowest BCUT2D eigenvalue weighted by atomic mass is 10.1. The van der Waals surface area contributed by atoms with Crippen LogP contribution in [0.4, 0.5) is 0 Å². The van der Waals surface area contributed by atoms with Gasteiger partial charge in [0.1, 0.15) is 6.04 Å². The third kappa shape index (κ3) is 5.51. The van der Waals surface area contributed by atoms with Gasteiger partial charge in [-0.15, -0.1) is 0 Å². The molecule has 0 aliphatic heterocycles. The standard InChI is InChI=1S/C20H23NO5/c1-14-9-10-17(18(11-14)24-2)26-13-19(22)21-16(20(23)25-3)12-15-7-5-4-6-8-15/h4-11,16H,12-13H2,1-3H3,(H,21,22)/t16-/m0/s1. The molecule has 138 valence electrons. The summed E-state index contributed by atoms with van der Waals surface area (Å²) in [5.74, 6) is 0.0895. The topological polar surface area (TPSA) is 73.9 Å². The van der Waals surface area contributed by atoms with E-state index in [-0.39, 0.29) is 6.61 Å². The molecule has 2 aromatic carbocycles. The summed E-state index contributed by atoms with van der Waals surface area (Å²) in [5.41, 5.74) is 1.94. The lowest BCUT2D eigenvalue weighted by molar-refractivity contribution is -0.145. The molecule has 0 aromatic heterocycles. The molecule has 0 aliphatic carbocycles. The summed E-state index contributed by atoms with van der Waals surface area (Å²) in [6.07, 6.45) is 0.340. The second kappa shape index (κ2) is 9.46. The predicted octanol–water partition coefficient (Wildman–Crippen LogP) is 2.28. The summed E-state index contributed by atoms with van der Waals surface area (Å²) in [6, 6.07) is 14.0. The van der Waals surface area contributed by atoms with Crippen molar-refractivity contribution in [2.24, 2.45) is 0 Å². The first-order valence-electron chi connectivity index (χ1n) is 8.22. The van der Waals surface area contributed by atoms with Gasteiger partial charge in [-0.25, -0.2) is 4.79 Å². The van der Waals surface area contributed by atoms with Gasteiger partial charge >= 0.3 is 5.97 Å². The number of amides is 1. The van der Waals surface area contributed by atoms with E-state index in [4.69, 9.17) is 14.2 Å². The van der Waals surface area contributed by atoms with E-state index in [2.05, 4.69) is 5.32 Å². The van der Waals surface area contributed by atoms with Crippen LogP contribution in [0.3, 0.4) is 0 Å². The molecule has 0 radical (unpaired) electrons. The average molecular weight is 357 g/mol. The molecule has 1 atom stereocenters. The Kier molecular flexibility index (Phi) is 7.02. The highest BCUT2D eigenvalue weighted by atomic mass is 16.5. The first-order chi connectivity index (χ1) is 12.5. The molecule has 0 spiro atoms. The number of nitrogens with one attached hydrogen (secondary N) is 1. The van der Waals surface area contributed by atoms with Crippen molar-refractivity contribution in [2.45, 2.75) is 19.4 Å². The second-order valence-corrected chi connectivity index (χ2v) is 5.78. The van der Waals surface area contributed by atoms with E-state index >= 15 is 0 Å². The molecule has 0 fully saturated rings. The number of esters is 1. The van der Waals surface area contributed by atoms with Crippen molar-refractivity contribution >= 4 is 11.9 Å². The van der Waals surface area contributed by atoms with Crippen molar-refractivity contribution in [1.29, 1.82) is 0 Å². The Balaban J connectivity index is 1.97. The van der Waals surface area contributed by atoms with E-state index in [1.807, 2.05) is 49.4 Å². The highest BCUT2D eigenvalue weighted by Crippen LogP contribution is 2.27. The molecule has 2 rings (SSSR count). The number of rotatable bonds is 8. The second-order valence-electron chi connectivity index (χ2n) is 5.78. The predicted molar refractivity (Wildman–Crippen MR) is 97.3 cm³/mol. The average Bonchev–Trinajstić information content (AvgIpc) is 2.66. The Hall–Kier alpha value is -3.02. The highest BCUT2D eigenvalue weighted by molar-refractivity contribution is 5.85. The van der Waals surface area contributed by atoms with Crippen LogP contribution in [0.2, 0.25) is 0 Å². The summed E-state index contributed by atoms with van der Waals surface area (Å²) in [5, 5.41) is 2.66. The van der Waals surface area contributed by atoms with Gasteiger partial charge in [-0.1, -0.05) is 36.4 Å². The van der Waals surface area contributed by atoms with E-state index in [0.717, 1.165) is 11.1 Å². The molecule has 0 saturated heterocycles. The van der Waals surface area contributed by atoms with Crippen LogP contribution in [0.25, 0.3) is 0 Å². The Morgan fingerprint density at radius 2 is 1.77 bits per heavy atom. The number of hydrogen-bond acceptors (Lipinski definition) is 5. The third-order valence-corrected chi connectivity index (χ3v) is 3.78. The van der Waals surface area contributed by atoms with Crippen LogP contribution in [0, 0.1) is 6.92 Å². The molecule has 0 heterocycles. The maximum absolute atomic E-state index is 12.2. The fourth-order valence-corrected chi connectivity index (χ4v) is 2.46. The third-order valence-electron chi connectivity index (χ3n) is 3.78. The zero-order valence-electron chi connectivity index (χ0n) is 15.2. The summed E-state index contributed by atoms with van der Waals surface area (Å²) >= 11 is 0. The molecule has 0 unspecified atom stereocenters. The highest BCUT2D eigenvalue weighted by Gasteiger charge is 2.22. The zero-order valence-corrected chi connectivity index (χ0v) is 15.2. The van der Waals surface area contributed by atoms with Crippen molar-refractivity contribution in [2.75, 3.05) is 20.8 Å². The summed E-state index contributed by atoms with van der Waals surface area (Å²) < 4.78 is 15.5.